The Hall–Kier alpha value is -2.37. The van der Waals surface area contributed by atoms with Crippen LogP contribution in [0.4, 0.5) is 13.2 Å². The highest BCUT2D eigenvalue weighted by Crippen LogP contribution is 2.38. The predicted octanol–water partition coefficient (Wildman–Crippen LogP) is 3.97. The van der Waals surface area contributed by atoms with Gasteiger partial charge in [0.2, 0.25) is 0 Å². The first kappa shape index (κ1) is 14.0. The first-order chi connectivity index (χ1) is 9.40. The number of methoxy groups -OCH3 is 1. The van der Waals surface area contributed by atoms with Crippen molar-refractivity contribution in [3.8, 4) is 28.4 Å². The van der Waals surface area contributed by atoms with Crippen LogP contribution >= 0.6 is 0 Å². The molecule has 0 atom stereocenters. The number of hydrogen-bond acceptors (Lipinski definition) is 3. The van der Waals surface area contributed by atoms with Crippen molar-refractivity contribution < 1.29 is 27.8 Å². The van der Waals surface area contributed by atoms with Crippen LogP contribution in [-0.2, 0) is 0 Å². The van der Waals surface area contributed by atoms with Crippen molar-refractivity contribution in [2.75, 3.05) is 7.11 Å². The molecule has 2 aromatic rings. The van der Waals surface area contributed by atoms with Crippen LogP contribution in [0.25, 0.3) is 11.1 Å². The lowest BCUT2D eigenvalue weighted by Gasteiger charge is -2.13. The van der Waals surface area contributed by atoms with Crippen molar-refractivity contribution in [1.29, 1.82) is 0 Å². The molecule has 0 saturated heterocycles. The third-order valence-corrected chi connectivity index (χ3v) is 2.60. The number of ether oxygens (including phenoxy) is 2. The minimum Gasteiger partial charge on any atom is -0.507 e. The number of hydrogen-bond donors (Lipinski definition) is 1. The molecule has 0 aliphatic rings. The molecule has 0 unspecified atom stereocenters. The Labute approximate surface area is 113 Å². The lowest BCUT2D eigenvalue weighted by Crippen LogP contribution is -2.17. The third-order valence-electron chi connectivity index (χ3n) is 2.60. The van der Waals surface area contributed by atoms with Gasteiger partial charge in [-0.2, -0.15) is 0 Å². The van der Waals surface area contributed by atoms with E-state index < -0.39 is 6.36 Å². The van der Waals surface area contributed by atoms with Crippen LogP contribution in [0.3, 0.4) is 0 Å². The molecule has 1 N–H and O–H groups in total. The smallest absolute Gasteiger partial charge is 0.507 e. The van der Waals surface area contributed by atoms with E-state index in [0.717, 1.165) is 12.1 Å². The number of para-hydroxylation sites is 1. The number of rotatable bonds is 3. The fraction of sp³-hybridized carbons (Fsp3) is 0.143. The van der Waals surface area contributed by atoms with Gasteiger partial charge in [0.25, 0.3) is 0 Å². The maximum absolute atomic E-state index is 12.2. The Balaban J connectivity index is 2.44. The number of phenols is 1. The molecule has 0 aliphatic heterocycles. The summed E-state index contributed by atoms with van der Waals surface area (Å²) in [6.07, 6.45) is -4.76. The molecule has 0 aromatic heterocycles. The Morgan fingerprint density at radius 3 is 2.30 bits per heavy atom. The molecule has 0 radical (unpaired) electrons. The Morgan fingerprint density at radius 1 is 1.00 bits per heavy atom. The fourth-order valence-corrected chi connectivity index (χ4v) is 1.79. The summed E-state index contributed by atoms with van der Waals surface area (Å²) < 4.78 is 45.4. The van der Waals surface area contributed by atoms with Gasteiger partial charge in [-0.05, 0) is 18.2 Å². The van der Waals surface area contributed by atoms with E-state index in [1.54, 1.807) is 18.2 Å². The normalized spacial score (nSPS) is 11.2. The van der Waals surface area contributed by atoms with Crippen LogP contribution in [0.5, 0.6) is 17.2 Å². The van der Waals surface area contributed by atoms with Crippen LogP contribution in [0.1, 0.15) is 0 Å². The second-order valence-corrected chi connectivity index (χ2v) is 3.93. The topological polar surface area (TPSA) is 38.7 Å². The Bertz CT molecular complexity index is 609. The van der Waals surface area contributed by atoms with E-state index >= 15 is 0 Å². The van der Waals surface area contributed by atoms with Gasteiger partial charge in [-0.3, -0.25) is 0 Å². The summed E-state index contributed by atoms with van der Waals surface area (Å²) in [4.78, 5) is 0. The van der Waals surface area contributed by atoms with Crippen LogP contribution in [0.15, 0.2) is 42.5 Å². The molecule has 0 bridgehead atoms. The van der Waals surface area contributed by atoms with Gasteiger partial charge >= 0.3 is 6.36 Å². The standard InChI is InChI=1S/C14H11F3O3/c1-19-13-8-9(20-14(15,16)17)6-7-11(13)10-4-2-3-5-12(10)18/h2-8,18H,1H3. The summed E-state index contributed by atoms with van der Waals surface area (Å²) in [7, 11) is 1.33. The van der Waals surface area contributed by atoms with Gasteiger partial charge in [0.15, 0.2) is 0 Å². The van der Waals surface area contributed by atoms with Gasteiger partial charge in [0, 0.05) is 17.2 Å². The number of benzene rings is 2. The van der Waals surface area contributed by atoms with E-state index in [0.29, 0.717) is 11.1 Å². The minimum atomic E-state index is -4.76. The summed E-state index contributed by atoms with van der Waals surface area (Å²) in [6.45, 7) is 0. The second kappa shape index (κ2) is 5.32. The fourth-order valence-electron chi connectivity index (χ4n) is 1.79. The van der Waals surface area contributed by atoms with E-state index in [1.165, 1.54) is 19.2 Å². The van der Waals surface area contributed by atoms with Crippen molar-refractivity contribution in [1.82, 2.24) is 0 Å². The molecule has 0 aliphatic carbocycles. The molecule has 0 heterocycles. The summed E-state index contributed by atoms with van der Waals surface area (Å²) >= 11 is 0. The molecule has 3 nitrogen and oxygen atoms in total. The molecule has 0 saturated carbocycles. The average Bonchev–Trinajstić information content (AvgIpc) is 2.38. The van der Waals surface area contributed by atoms with Crippen molar-refractivity contribution in [3.05, 3.63) is 42.5 Å². The minimum absolute atomic E-state index is 0.00953. The number of phenolic OH excluding ortho intramolecular Hbond substituents is 1. The van der Waals surface area contributed by atoms with Gasteiger partial charge in [0.05, 0.1) is 7.11 Å². The van der Waals surface area contributed by atoms with Gasteiger partial charge in [-0.25, -0.2) is 0 Å². The van der Waals surface area contributed by atoms with Crippen LogP contribution in [0.2, 0.25) is 0 Å². The zero-order valence-electron chi connectivity index (χ0n) is 10.4. The molecular formula is C14H11F3O3. The highest BCUT2D eigenvalue weighted by molar-refractivity contribution is 5.76. The van der Waals surface area contributed by atoms with E-state index in [2.05, 4.69) is 4.74 Å². The largest absolute Gasteiger partial charge is 0.573 e. The van der Waals surface area contributed by atoms with E-state index in [1.807, 2.05) is 0 Å². The molecule has 106 valence electrons. The second-order valence-electron chi connectivity index (χ2n) is 3.93. The number of aromatic hydroxyl groups is 1. The summed E-state index contributed by atoms with van der Waals surface area (Å²) in [5.74, 6) is -0.197. The summed E-state index contributed by atoms with van der Waals surface area (Å²) in [6, 6.07) is 10.1. The number of alkyl halides is 3. The third kappa shape index (κ3) is 3.14. The molecule has 2 rings (SSSR count). The van der Waals surface area contributed by atoms with Crippen LogP contribution < -0.4 is 9.47 Å². The van der Waals surface area contributed by atoms with Gasteiger partial charge < -0.3 is 14.6 Å². The zero-order chi connectivity index (χ0) is 14.8. The molecular weight excluding hydrogens is 273 g/mol. The SMILES string of the molecule is COc1cc(OC(F)(F)F)ccc1-c1ccccc1O. The Kier molecular flexibility index (Phi) is 3.74. The first-order valence-electron chi connectivity index (χ1n) is 5.63. The lowest BCUT2D eigenvalue weighted by molar-refractivity contribution is -0.274. The van der Waals surface area contributed by atoms with Gasteiger partial charge in [-0.15, -0.1) is 13.2 Å². The first-order valence-corrected chi connectivity index (χ1v) is 5.63. The van der Waals surface area contributed by atoms with Crippen molar-refractivity contribution >= 4 is 0 Å². The predicted molar refractivity (Wildman–Crippen MR) is 66.8 cm³/mol. The van der Waals surface area contributed by atoms with Crippen molar-refractivity contribution in [3.63, 3.8) is 0 Å². The van der Waals surface area contributed by atoms with Gasteiger partial charge in [-0.1, -0.05) is 18.2 Å². The Morgan fingerprint density at radius 2 is 1.70 bits per heavy atom. The van der Waals surface area contributed by atoms with Crippen LogP contribution in [-0.4, -0.2) is 18.6 Å². The molecule has 0 amide bonds. The number of halogens is 3. The van der Waals surface area contributed by atoms with E-state index in [4.69, 9.17) is 4.74 Å². The summed E-state index contributed by atoms with van der Waals surface area (Å²) in [5.41, 5.74) is 0.933. The van der Waals surface area contributed by atoms with Crippen molar-refractivity contribution in [2.24, 2.45) is 0 Å². The molecule has 20 heavy (non-hydrogen) atoms. The average molecular weight is 284 g/mol. The quantitative estimate of drug-likeness (QED) is 0.927. The lowest BCUT2D eigenvalue weighted by atomic mass is 10.0. The molecule has 2 aromatic carbocycles. The summed E-state index contributed by atoms with van der Waals surface area (Å²) in [5, 5.41) is 9.77. The molecule has 0 spiro atoms. The van der Waals surface area contributed by atoms with Gasteiger partial charge in [0.1, 0.15) is 17.2 Å². The maximum atomic E-state index is 12.2. The van der Waals surface area contributed by atoms with E-state index in [9.17, 15) is 18.3 Å². The monoisotopic (exact) mass is 284 g/mol. The highest BCUT2D eigenvalue weighted by atomic mass is 19.4. The molecule has 6 heteroatoms. The van der Waals surface area contributed by atoms with Crippen molar-refractivity contribution in [2.45, 2.75) is 6.36 Å². The zero-order valence-corrected chi connectivity index (χ0v) is 10.4. The maximum Gasteiger partial charge on any atom is 0.573 e. The van der Waals surface area contributed by atoms with E-state index in [-0.39, 0.29) is 17.2 Å². The highest BCUT2D eigenvalue weighted by Gasteiger charge is 2.31. The molecule has 0 fully saturated rings. The van der Waals surface area contributed by atoms with Crippen LogP contribution in [0, 0.1) is 0 Å².